The normalized spacial score (nSPS) is 11.1. The van der Waals surface area contributed by atoms with Crippen LogP contribution in [-0.4, -0.2) is 29.3 Å². The van der Waals surface area contributed by atoms with Crippen LogP contribution in [0.5, 0.6) is 0 Å². The second kappa shape index (κ2) is 6.19. The maximum atomic E-state index is 13.5. The zero-order valence-electron chi connectivity index (χ0n) is 11.2. The molecule has 1 aromatic carbocycles. The number of halogens is 2. The van der Waals surface area contributed by atoms with Gasteiger partial charge in [0.1, 0.15) is 11.6 Å². The first kappa shape index (κ1) is 14.7. The summed E-state index contributed by atoms with van der Waals surface area (Å²) in [6.07, 6.45) is 0. The van der Waals surface area contributed by atoms with E-state index in [9.17, 15) is 13.6 Å². The highest BCUT2D eigenvalue weighted by Crippen LogP contribution is 2.15. The summed E-state index contributed by atoms with van der Waals surface area (Å²) < 4.78 is 26.6. The van der Waals surface area contributed by atoms with Gasteiger partial charge in [0, 0.05) is 11.4 Å². The molecule has 0 saturated heterocycles. The zero-order chi connectivity index (χ0) is 14.7. The van der Waals surface area contributed by atoms with E-state index < -0.39 is 17.4 Å². The predicted octanol–water partition coefficient (Wildman–Crippen LogP) is 3.04. The maximum absolute atomic E-state index is 13.5. The smallest absolute Gasteiger partial charge is 0.179 e. The topological polar surface area (TPSA) is 33.2 Å². The molecule has 20 heavy (non-hydrogen) atoms. The highest BCUT2D eigenvalue weighted by molar-refractivity contribution is 7.09. The average molecular weight is 296 g/mol. The number of ketones is 1. The molecule has 1 aromatic heterocycles. The fraction of sp³-hybridized carbons (Fsp3) is 0.286. The molecule has 0 spiro atoms. The lowest BCUT2D eigenvalue weighted by atomic mass is 10.1. The molecule has 0 aliphatic heterocycles. The highest BCUT2D eigenvalue weighted by Gasteiger charge is 2.16. The van der Waals surface area contributed by atoms with Gasteiger partial charge < -0.3 is 0 Å². The molecule has 0 atom stereocenters. The number of benzene rings is 1. The van der Waals surface area contributed by atoms with Crippen LogP contribution in [0.25, 0.3) is 0 Å². The maximum Gasteiger partial charge on any atom is 0.179 e. The number of aryl methyl sites for hydroxylation is 1. The third-order valence-corrected chi connectivity index (χ3v) is 3.82. The molecule has 3 nitrogen and oxygen atoms in total. The van der Waals surface area contributed by atoms with Gasteiger partial charge in [0.2, 0.25) is 0 Å². The first-order valence-electron chi connectivity index (χ1n) is 6.03. The number of Topliss-reactive ketones (excluding diaryl/α,β-unsaturated/α-hetero) is 1. The number of hydrogen-bond donors (Lipinski definition) is 0. The number of thiazole rings is 1. The molecule has 0 bridgehead atoms. The van der Waals surface area contributed by atoms with Gasteiger partial charge in [-0.1, -0.05) is 0 Å². The van der Waals surface area contributed by atoms with Gasteiger partial charge in [-0.25, -0.2) is 13.8 Å². The summed E-state index contributed by atoms with van der Waals surface area (Å²) in [5.74, 6) is -1.75. The summed E-state index contributed by atoms with van der Waals surface area (Å²) in [7, 11) is 1.76. The Labute approximate surface area is 119 Å². The Morgan fingerprint density at radius 1 is 1.40 bits per heavy atom. The molecule has 0 unspecified atom stereocenters. The lowest BCUT2D eigenvalue weighted by Gasteiger charge is -2.15. The lowest BCUT2D eigenvalue weighted by molar-refractivity contribution is 0.0939. The molecular weight excluding hydrogens is 282 g/mol. The minimum atomic E-state index is -0.696. The molecule has 0 fully saturated rings. The van der Waals surface area contributed by atoms with Crippen LogP contribution in [0, 0.1) is 18.6 Å². The van der Waals surface area contributed by atoms with Crippen molar-refractivity contribution in [3.05, 3.63) is 51.5 Å². The number of likely N-dealkylation sites (N-methyl/N-ethyl adjacent to an activating group) is 1. The van der Waals surface area contributed by atoms with E-state index in [1.54, 1.807) is 17.5 Å². The quantitative estimate of drug-likeness (QED) is 0.795. The van der Waals surface area contributed by atoms with Crippen molar-refractivity contribution in [3.63, 3.8) is 0 Å². The van der Waals surface area contributed by atoms with E-state index in [4.69, 9.17) is 0 Å². The van der Waals surface area contributed by atoms with Gasteiger partial charge in [0.05, 0.1) is 23.3 Å². The Morgan fingerprint density at radius 3 is 2.80 bits per heavy atom. The largest absolute Gasteiger partial charge is 0.294 e. The predicted molar refractivity (Wildman–Crippen MR) is 73.9 cm³/mol. The van der Waals surface area contributed by atoms with E-state index in [0.29, 0.717) is 6.54 Å². The zero-order valence-corrected chi connectivity index (χ0v) is 12.0. The van der Waals surface area contributed by atoms with Crippen molar-refractivity contribution in [1.29, 1.82) is 0 Å². The van der Waals surface area contributed by atoms with Crippen molar-refractivity contribution < 1.29 is 13.6 Å². The fourth-order valence-electron chi connectivity index (χ4n) is 1.82. The average Bonchev–Trinajstić information content (AvgIpc) is 2.77. The van der Waals surface area contributed by atoms with Crippen LogP contribution in [-0.2, 0) is 6.54 Å². The van der Waals surface area contributed by atoms with Crippen molar-refractivity contribution in [1.82, 2.24) is 9.88 Å². The van der Waals surface area contributed by atoms with Crippen molar-refractivity contribution >= 4 is 17.1 Å². The first-order chi connectivity index (χ1) is 9.47. The summed E-state index contributed by atoms with van der Waals surface area (Å²) in [5.41, 5.74) is 2.45. The van der Waals surface area contributed by atoms with Crippen molar-refractivity contribution in [2.45, 2.75) is 13.5 Å². The van der Waals surface area contributed by atoms with Crippen LogP contribution >= 0.6 is 11.3 Å². The van der Waals surface area contributed by atoms with E-state index in [-0.39, 0.29) is 12.1 Å². The molecular formula is C14H14F2N2OS. The van der Waals surface area contributed by atoms with Crippen molar-refractivity contribution in [3.8, 4) is 0 Å². The Morgan fingerprint density at radius 2 is 2.15 bits per heavy atom. The molecule has 0 aliphatic rings. The molecule has 1 heterocycles. The molecule has 0 radical (unpaired) electrons. The van der Waals surface area contributed by atoms with Crippen LogP contribution in [0.3, 0.4) is 0 Å². The van der Waals surface area contributed by atoms with E-state index in [1.807, 2.05) is 6.92 Å². The molecule has 0 saturated carbocycles. The standard InChI is InChI=1S/C14H14F2N2OS/c1-9-14(20-8-17-9)7-18(2)6-13(19)11-5-10(15)3-4-12(11)16/h3-5,8H,6-7H2,1-2H3. The number of hydrogen-bond acceptors (Lipinski definition) is 4. The molecule has 6 heteroatoms. The molecule has 2 rings (SSSR count). The van der Waals surface area contributed by atoms with Crippen molar-refractivity contribution in [2.75, 3.05) is 13.6 Å². The van der Waals surface area contributed by atoms with E-state index >= 15 is 0 Å². The summed E-state index contributed by atoms with van der Waals surface area (Å²) in [5, 5.41) is 0. The van der Waals surface area contributed by atoms with Gasteiger partial charge >= 0.3 is 0 Å². The summed E-state index contributed by atoms with van der Waals surface area (Å²) in [6.45, 7) is 2.48. The summed E-state index contributed by atoms with van der Waals surface area (Å²) >= 11 is 1.51. The highest BCUT2D eigenvalue weighted by atomic mass is 32.1. The van der Waals surface area contributed by atoms with Gasteiger partial charge in [-0.3, -0.25) is 9.69 Å². The second-order valence-corrected chi connectivity index (χ2v) is 5.52. The van der Waals surface area contributed by atoms with Gasteiger partial charge in [-0.2, -0.15) is 0 Å². The van der Waals surface area contributed by atoms with Crippen LogP contribution in [0.2, 0.25) is 0 Å². The van der Waals surface area contributed by atoms with E-state index in [2.05, 4.69) is 4.98 Å². The Hall–Kier alpha value is -1.66. The molecule has 0 N–H and O–H groups in total. The van der Waals surface area contributed by atoms with Crippen LogP contribution in [0.4, 0.5) is 8.78 Å². The van der Waals surface area contributed by atoms with Crippen LogP contribution in [0.15, 0.2) is 23.7 Å². The molecule has 106 valence electrons. The minimum absolute atomic E-state index is 0.0255. The molecule has 2 aromatic rings. The summed E-state index contributed by atoms with van der Waals surface area (Å²) in [6, 6.07) is 2.90. The number of rotatable bonds is 5. The number of carbonyl (C=O) groups excluding carboxylic acids is 1. The third kappa shape index (κ3) is 3.46. The molecule has 0 aliphatic carbocycles. The third-order valence-electron chi connectivity index (χ3n) is 2.90. The van der Waals surface area contributed by atoms with Crippen LogP contribution < -0.4 is 0 Å². The van der Waals surface area contributed by atoms with Crippen molar-refractivity contribution in [2.24, 2.45) is 0 Å². The van der Waals surface area contributed by atoms with Gasteiger partial charge in [-0.05, 0) is 32.2 Å². The SMILES string of the molecule is Cc1ncsc1CN(C)CC(=O)c1cc(F)ccc1F. The molecule has 0 amide bonds. The Bertz CT molecular complexity index is 627. The number of aromatic nitrogens is 1. The Balaban J connectivity index is 2.04. The van der Waals surface area contributed by atoms with E-state index in [0.717, 1.165) is 28.8 Å². The van der Waals surface area contributed by atoms with Gasteiger partial charge in [-0.15, -0.1) is 11.3 Å². The first-order valence-corrected chi connectivity index (χ1v) is 6.91. The summed E-state index contributed by atoms with van der Waals surface area (Å²) in [4.78, 5) is 18.9. The minimum Gasteiger partial charge on any atom is -0.294 e. The number of nitrogens with zero attached hydrogens (tertiary/aromatic N) is 2. The fourth-order valence-corrected chi connectivity index (χ4v) is 2.68. The van der Waals surface area contributed by atoms with Crippen LogP contribution in [0.1, 0.15) is 20.9 Å². The van der Waals surface area contributed by atoms with Gasteiger partial charge in [0.15, 0.2) is 5.78 Å². The van der Waals surface area contributed by atoms with E-state index in [1.165, 1.54) is 11.3 Å². The lowest BCUT2D eigenvalue weighted by Crippen LogP contribution is -2.26. The monoisotopic (exact) mass is 296 g/mol. The van der Waals surface area contributed by atoms with Gasteiger partial charge in [0.25, 0.3) is 0 Å². The number of carbonyl (C=O) groups is 1. The second-order valence-electron chi connectivity index (χ2n) is 4.58. The Kier molecular flexibility index (Phi) is 4.57.